The standard InChI is InChI=1S/C10H16/c1-2-3-7-10-8-5-4-6-9-10/h3,7-8H,2,4-6,9H2,1H3. The number of allylic oxidation sites excluding steroid dienone is 4. The lowest BCUT2D eigenvalue weighted by Crippen LogP contribution is -1.87. The van der Waals surface area contributed by atoms with E-state index in [-0.39, 0.29) is 0 Å². The van der Waals surface area contributed by atoms with E-state index < -0.39 is 0 Å². The molecule has 0 fully saturated rings. The summed E-state index contributed by atoms with van der Waals surface area (Å²) in [6, 6.07) is 0. The molecule has 1 aliphatic rings. The first-order valence-corrected chi connectivity index (χ1v) is 4.29. The van der Waals surface area contributed by atoms with Crippen LogP contribution in [0.5, 0.6) is 0 Å². The summed E-state index contributed by atoms with van der Waals surface area (Å²) in [5.74, 6) is 0. The Hall–Kier alpha value is -0.520. The van der Waals surface area contributed by atoms with Crippen LogP contribution >= 0.6 is 0 Å². The smallest absolute Gasteiger partial charge is 0.0282 e. The summed E-state index contributed by atoms with van der Waals surface area (Å²) in [7, 11) is 0. The molecule has 0 heterocycles. The van der Waals surface area contributed by atoms with Gasteiger partial charge in [0.1, 0.15) is 0 Å². The van der Waals surface area contributed by atoms with E-state index in [1.54, 1.807) is 5.57 Å². The van der Waals surface area contributed by atoms with E-state index in [2.05, 4.69) is 25.2 Å². The molecular formula is C10H16. The van der Waals surface area contributed by atoms with Crippen LogP contribution in [0, 0.1) is 0 Å². The molecule has 0 radical (unpaired) electrons. The molecule has 0 spiro atoms. The average molecular weight is 136 g/mol. The van der Waals surface area contributed by atoms with E-state index in [0.29, 0.717) is 0 Å². The molecule has 56 valence electrons. The molecule has 0 saturated heterocycles. The van der Waals surface area contributed by atoms with Crippen molar-refractivity contribution in [3.63, 3.8) is 0 Å². The predicted molar refractivity (Wildman–Crippen MR) is 46.0 cm³/mol. The predicted octanol–water partition coefficient (Wildman–Crippen LogP) is 3.45. The van der Waals surface area contributed by atoms with Crippen molar-refractivity contribution in [2.75, 3.05) is 0 Å². The molecular weight excluding hydrogens is 120 g/mol. The van der Waals surface area contributed by atoms with Gasteiger partial charge >= 0.3 is 0 Å². The molecule has 0 N–H and O–H groups in total. The van der Waals surface area contributed by atoms with Gasteiger partial charge in [0.2, 0.25) is 0 Å². The SMILES string of the molecule is CCC=CC1=CCCCC1. The van der Waals surface area contributed by atoms with Crippen LogP contribution in [0.4, 0.5) is 0 Å². The van der Waals surface area contributed by atoms with Gasteiger partial charge in [0.05, 0.1) is 0 Å². The number of rotatable bonds is 2. The van der Waals surface area contributed by atoms with Gasteiger partial charge in [-0.05, 0) is 32.1 Å². The third kappa shape index (κ3) is 2.38. The zero-order valence-corrected chi connectivity index (χ0v) is 6.77. The molecule has 0 amide bonds. The third-order valence-electron chi connectivity index (χ3n) is 1.89. The Morgan fingerprint density at radius 1 is 1.50 bits per heavy atom. The van der Waals surface area contributed by atoms with Gasteiger partial charge in [-0.15, -0.1) is 0 Å². The van der Waals surface area contributed by atoms with Crippen molar-refractivity contribution < 1.29 is 0 Å². The molecule has 0 heteroatoms. The summed E-state index contributed by atoms with van der Waals surface area (Å²) in [4.78, 5) is 0. The lowest BCUT2D eigenvalue weighted by Gasteiger charge is -2.07. The molecule has 0 aromatic rings. The van der Waals surface area contributed by atoms with Crippen molar-refractivity contribution >= 4 is 0 Å². The van der Waals surface area contributed by atoms with Crippen molar-refractivity contribution in [2.45, 2.75) is 39.0 Å². The third-order valence-corrected chi connectivity index (χ3v) is 1.89. The maximum Gasteiger partial charge on any atom is -0.0282 e. The summed E-state index contributed by atoms with van der Waals surface area (Å²) in [6.07, 6.45) is 13.4. The van der Waals surface area contributed by atoms with Gasteiger partial charge in [-0.3, -0.25) is 0 Å². The summed E-state index contributed by atoms with van der Waals surface area (Å²) < 4.78 is 0. The van der Waals surface area contributed by atoms with Crippen LogP contribution in [0.15, 0.2) is 23.8 Å². The Kier molecular flexibility index (Phi) is 3.28. The van der Waals surface area contributed by atoms with Crippen molar-refractivity contribution in [1.82, 2.24) is 0 Å². The molecule has 0 aliphatic heterocycles. The maximum atomic E-state index is 2.37. The minimum Gasteiger partial charge on any atom is -0.0845 e. The molecule has 0 nitrogen and oxygen atoms in total. The first-order valence-electron chi connectivity index (χ1n) is 4.29. The van der Waals surface area contributed by atoms with Crippen molar-refractivity contribution in [3.8, 4) is 0 Å². The second-order valence-electron chi connectivity index (χ2n) is 2.84. The lowest BCUT2D eigenvalue weighted by atomic mass is 9.99. The largest absolute Gasteiger partial charge is 0.0845 e. The highest BCUT2D eigenvalue weighted by atomic mass is 14.0. The minimum absolute atomic E-state index is 1.16. The van der Waals surface area contributed by atoms with Crippen LogP contribution in [-0.2, 0) is 0 Å². The Morgan fingerprint density at radius 2 is 2.40 bits per heavy atom. The first kappa shape index (κ1) is 7.59. The molecule has 10 heavy (non-hydrogen) atoms. The minimum atomic E-state index is 1.16. The molecule has 1 aliphatic carbocycles. The van der Waals surface area contributed by atoms with E-state index >= 15 is 0 Å². The summed E-state index contributed by atoms with van der Waals surface area (Å²) in [5.41, 5.74) is 1.55. The molecule has 0 aromatic carbocycles. The molecule has 0 saturated carbocycles. The van der Waals surface area contributed by atoms with Crippen LogP contribution in [0.25, 0.3) is 0 Å². The molecule has 0 bridgehead atoms. The first-order chi connectivity index (χ1) is 4.93. The Morgan fingerprint density at radius 3 is 3.00 bits per heavy atom. The van der Waals surface area contributed by atoms with Crippen LogP contribution in [-0.4, -0.2) is 0 Å². The van der Waals surface area contributed by atoms with E-state index in [9.17, 15) is 0 Å². The number of hydrogen-bond donors (Lipinski definition) is 0. The Bertz CT molecular complexity index is 140. The second-order valence-corrected chi connectivity index (χ2v) is 2.84. The fraction of sp³-hybridized carbons (Fsp3) is 0.600. The van der Waals surface area contributed by atoms with Crippen molar-refractivity contribution in [1.29, 1.82) is 0 Å². The second kappa shape index (κ2) is 4.32. The maximum absolute atomic E-state index is 2.37. The average Bonchev–Trinajstić information content (AvgIpc) is 2.03. The highest BCUT2D eigenvalue weighted by molar-refractivity contribution is 5.19. The van der Waals surface area contributed by atoms with Crippen LogP contribution in [0.3, 0.4) is 0 Å². The Labute approximate surface area is 63.6 Å². The van der Waals surface area contributed by atoms with Crippen LogP contribution in [0.2, 0.25) is 0 Å². The van der Waals surface area contributed by atoms with E-state index in [4.69, 9.17) is 0 Å². The van der Waals surface area contributed by atoms with E-state index in [0.717, 1.165) is 6.42 Å². The van der Waals surface area contributed by atoms with Gasteiger partial charge in [0, 0.05) is 0 Å². The summed E-state index contributed by atoms with van der Waals surface area (Å²) in [5, 5.41) is 0. The fourth-order valence-electron chi connectivity index (χ4n) is 1.28. The molecule has 0 unspecified atom stereocenters. The van der Waals surface area contributed by atoms with Gasteiger partial charge in [-0.1, -0.05) is 30.7 Å². The summed E-state index contributed by atoms with van der Waals surface area (Å²) >= 11 is 0. The van der Waals surface area contributed by atoms with E-state index in [1.165, 1.54) is 25.7 Å². The van der Waals surface area contributed by atoms with Crippen LogP contribution in [0.1, 0.15) is 39.0 Å². The lowest BCUT2D eigenvalue weighted by molar-refractivity contribution is 0.711. The van der Waals surface area contributed by atoms with Gasteiger partial charge < -0.3 is 0 Å². The molecule has 0 aromatic heterocycles. The van der Waals surface area contributed by atoms with Crippen molar-refractivity contribution in [3.05, 3.63) is 23.8 Å². The van der Waals surface area contributed by atoms with Gasteiger partial charge in [-0.25, -0.2) is 0 Å². The van der Waals surface area contributed by atoms with Gasteiger partial charge in [0.15, 0.2) is 0 Å². The quantitative estimate of drug-likeness (QED) is 0.545. The van der Waals surface area contributed by atoms with Gasteiger partial charge in [-0.2, -0.15) is 0 Å². The highest BCUT2D eigenvalue weighted by Gasteiger charge is 1.98. The van der Waals surface area contributed by atoms with Crippen LogP contribution < -0.4 is 0 Å². The zero-order valence-electron chi connectivity index (χ0n) is 6.77. The monoisotopic (exact) mass is 136 g/mol. The topological polar surface area (TPSA) is 0 Å². The fourth-order valence-corrected chi connectivity index (χ4v) is 1.28. The van der Waals surface area contributed by atoms with Crippen molar-refractivity contribution in [2.24, 2.45) is 0 Å². The summed E-state index contributed by atoms with van der Waals surface area (Å²) in [6.45, 7) is 2.18. The zero-order chi connectivity index (χ0) is 7.23. The number of hydrogen-bond acceptors (Lipinski definition) is 0. The van der Waals surface area contributed by atoms with E-state index in [1.807, 2.05) is 0 Å². The Balaban J connectivity index is 2.38. The van der Waals surface area contributed by atoms with Gasteiger partial charge in [0.25, 0.3) is 0 Å². The highest BCUT2D eigenvalue weighted by Crippen LogP contribution is 2.17. The molecule has 0 atom stereocenters. The molecule has 1 rings (SSSR count). The normalized spacial score (nSPS) is 19.5.